The highest BCUT2D eigenvalue weighted by Crippen LogP contribution is 2.10. The Hall–Kier alpha value is -3.55. The van der Waals surface area contributed by atoms with Gasteiger partial charge in [-0.1, -0.05) is 60.7 Å². The molecule has 2 atom stereocenters. The van der Waals surface area contributed by atoms with Gasteiger partial charge >= 0.3 is 12.2 Å². The van der Waals surface area contributed by atoms with Gasteiger partial charge in [0.2, 0.25) is 5.91 Å². The van der Waals surface area contributed by atoms with E-state index in [1.165, 1.54) is 0 Å². The van der Waals surface area contributed by atoms with Crippen molar-refractivity contribution in [3.63, 3.8) is 0 Å². The molecule has 2 aromatic carbocycles. The fourth-order valence-electron chi connectivity index (χ4n) is 3.40. The van der Waals surface area contributed by atoms with Crippen LogP contribution < -0.4 is 16.0 Å². The summed E-state index contributed by atoms with van der Waals surface area (Å²) in [5, 5.41) is 8.41. The van der Waals surface area contributed by atoms with E-state index in [0.717, 1.165) is 11.1 Å². The average Bonchev–Trinajstić information content (AvgIpc) is 2.75. The fourth-order valence-corrected chi connectivity index (χ4v) is 3.40. The second kappa shape index (κ2) is 13.0. The second-order valence-corrected chi connectivity index (χ2v) is 10.7. The molecule has 0 fully saturated rings. The van der Waals surface area contributed by atoms with Crippen LogP contribution in [0.15, 0.2) is 60.7 Å². The Morgan fingerprint density at radius 2 is 1.14 bits per heavy atom. The third kappa shape index (κ3) is 11.7. The number of rotatable bonds is 9. The minimum Gasteiger partial charge on any atom is -0.444 e. The van der Waals surface area contributed by atoms with Crippen LogP contribution in [0.3, 0.4) is 0 Å². The molecule has 8 nitrogen and oxygen atoms in total. The number of carbonyl (C=O) groups excluding carboxylic acids is 3. The highest BCUT2D eigenvalue weighted by molar-refractivity contribution is 5.86. The van der Waals surface area contributed by atoms with Gasteiger partial charge < -0.3 is 25.4 Å². The Morgan fingerprint density at radius 1 is 0.694 bits per heavy atom. The highest BCUT2D eigenvalue weighted by atomic mass is 16.6. The second-order valence-electron chi connectivity index (χ2n) is 10.7. The van der Waals surface area contributed by atoms with Crippen molar-refractivity contribution < 1.29 is 23.9 Å². The van der Waals surface area contributed by atoms with Crippen molar-refractivity contribution in [2.24, 2.45) is 0 Å². The normalized spacial score (nSPS) is 13.2. The standard InChI is InChI=1S/C28H39N3O5/c1-27(2,3)35-25(33)30-22(17-20-13-9-7-10-14-20)19-29-24(32)23(18-21-15-11-8-12-16-21)31-26(34)36-28(4,5)6/h7-16,22-23H,17-19H2,1-6H3,(H,29,32)(H,30,33)(H,31,34)/t22-,23-/m0/s1. The first kappa shape index (κ1) is 28.7. The Bertz CT molecular complexity index is 982. The number of amides is 3. The lowest BCUT2D eigenvalue weighted by atomic mass is 10.0. The first-order valence-corrected chi connectivity index (χ1v) is 12.2. The summed E-state index contributed by atoms with van der Waals surface area (Å²) >= 11 is 0. The fraction of sp³-hybridized carbons (Fsp3) is 0.464. The molecule has 8 heteroatoms. The van der Waals surface area contributed by atoms with Gasteiger partial charge in [-0.15, -0.1) is 0 Å². The van der Waals surface area contributed by atoms with Crippen LogP contribution in [-0.4, -0.2) is 47.9 Å². The summed E-state index contributed by atoms with van der Waals surface area (Å²) in [6, 6.07) is 17.8. The van der Waals surface area contributed by atoms with Crippen LogP contribution in [0.5, 0.6) is 0 Å². The van der Waals surface area contributed by atoms with Gasteiger partial charge in [-0.25, -0.2) is 9.59 Å². The molecular formula is C28H39N3O5. The topological polar surface area (TPSA) is 106 Å². The molecule has 0 heterocycles. The third-order valence-corrected chi connectivity index (χ3v) is 4.86. The van der Waals surface area contributed by atoms with Gasteiger partial charge in [-0.05, 0) is 59.1 Å². The average molecular weight is 498 g/mol. The van der Waals surface area contributed by atoms with E-state index in [1.54, 1.807) is 41.5 Å². The molecule has 0 aliphatic carbocycles. The van der Waals surface area contributed by atoms with E-state index in [2.05, 4.69) is 16.0 Å². The number of alkyl carbamates (subject to hydrolysis) is 2. The van der Waals surface area contributed by atoms with Crippen molar-refractivity contribution in [3.8, 4) is 0 Å². The molecule has 3 N–H and O–H groups in total. The van der Waals surface area contributed by atoms with E-state index in [0.29, 0.717) is 6.42 Å². The predicted molar refractivity (Wildman–Crippen MR) is 140 cm³/mol. The number of hydrogen-bond acceptors (Lipinski definition) is 5. The van der Waals surface area contributed by atoms with Crippen LogP contribution in [0.2, 0.25) is 0 Å². The molecule has 0 bridgehead atoms. The molecule has 36 heavy (non-hydrogen) atoms. The van der Waals surface area contributed by atoms with Crippen LogP contribution in [0.25, 0.3) is 0 Å². The molecule has 196 valence electrons. The molecule has 0 saturated carbocycles. The molecule has 0 spiro atoms. The van der Waals surface area contributed by atoms with Gasteiger partial charge in [0.15, 0.2) is 0 Å². The summed E-state index contributed by atoms with van der Waals surface area (Å²) in [6.07, 6.45) is -0.463. The highest BCUT2D eigenvalue weighted by Gasteiger charge is 2.26. The van der Waals surface area contributed by atoms with Crippen molar-refractivity contribution in [1.82, 2.24) is 16.0 Å². The summed E-state index contributed by atoms with van der Waals surface area (Å²) in [6.45, 7) is 10.8. The lowest BCUT2D eigenvalue weighted by Gasteiger charge is -2.26. The molecular weight excluding hydrogens is 458 g/mol. The van der Waals surface area contributed by atoms with Gasteiger partial charge in [0.25, 0.3) is 0 Å². The van der Waals surface area contributed by atoms with E-state index >= 15 is 0 Å². The van der Waals surface area contributed by atoms with E-state index in [4.69, 9.17) is 9.47 Å². The smallest absolute Gasteiger partial charge is 0.408 e. The summed E-state index contributed by atoms with van der Waals surface area (Å²) < 4.78 is 10.8. The molecule has 2 aromatic rings. The van der Waals surface area contributed by atoms with E-state index in [-0.39, 0.29) is 18.9 Å². The zero-order valence-corrected chi connectivity index (χ0v) is 22.1. The van der Waals surface area contributed by atoms with Crippen molar-refractivity contribution in [2.45, 2.75) is 77.7 Å². The summed E-state index contributed by atoms with van der Waals surface area (Å²) in [5.41, 5.74) is 0.542. The van der Waals surface area contributed by atoms with Crippen molar-refractivity contribution in [2.75, 3.05) is 6.54 Å². The predicted octanol–water partition coefficient (Wildman–Crippen LogP) is 4.37. The Morgan fingerprint density at radius 3 is 1.61 bits per heavy atom. The zero-order valence-electron chi connectivity index (χ0n) is 22.1. The van der Waals surface area contributed by atoms with Crippen molar-refractivity contribution >= 4 is 18.1 Å². The van der Waals surface area contributed by atoms with E-state index in [9.17, 15) is 14.4 Å². The molecule has 3 amide bonds. The first-order chi connectivity index (χ1) is 16.8. The number of nitrogens with one attached hydrogen (secondary N) is 3. The van der Waals surface area contributed by atoms with Crippen molar-refractivity contribution in [1.29, 1.82) is 0 Å². The number of carbonyl (C=O) groups is 3. The largest absolute Gasteiger partial charge is 0.444 e. The van der Waals surface area contributed by atoms with E-state index in [1.807, 2.05) is 60.7 Å². The molecule has 0 aromatic heterocycles. The van der Waals surface area contributed by atoms with E-state index < -0.39 is 35.5 Å². The first-order valence-electron chi connectivity index (χ1n) is 12.2. The lowest BCUT2D eigenvalue weighted by Crippen LogP contribution is -2.53. The summed E-state index contributed by atoms with van der Waals surface area (Å²) in [4.78, 5) is 38.1. The molecule has 2 rings (SSSR count). The van der Waals surface area contributed by atoms with Crippen LogP contribution in [-0.2, 0) is 27.1 Å². The number of ether oxygens (including phenoxy) is 2. The minimum atomic E-state index is -0.860. The maximum absolute atomic E-state index is 13.2. The van der Waals surface area contributed by atoms with Crippen LogP contribution in [0.4, 0.5) is 9.59 Å². The lowest BCUT2D eigenvalue weighted by molar-refractivity contribution is -0.123. The molecule has 0 aliphatic heterocycles. The van der Waals surface area contributed by atoms with Gasteiger partial charge in [0.05, 0.1) is 6.04 Å². The van der Waals surface area contributed by atoms with Crippen LogP contribution in [0.1, 0.15) is 52.7 Å². The number of hydrogen-bond donors (Lipinski definition) is 3. The third-order valence-electron chi connectivity index (χ3n) is 4.86. The van der Waals surface area contributed by atoms with Gasteiger partial charge in [-0.3, -0.25) is 4.79 Å². The molecule has 0 saturated heterocycles. The minimum absolute atomic E-state index is 0.147. The Labute approximate surface area is 214 Å². The molecule has 0 radical (unpaired) electrons. The van der Waals surface area contributed by atoms with Crippen molar-refractivity contribution in [3.05, 3.63) is 71.8 Å². The van der Waals surface area contributed by atoms with Gasteiger partial charge in [0, 0.05) is 13.0 Å². The number of benzene rings is 2. The zero-order chi connectivity index (χ0) is 26.8. The Kier molecular flexibility index (Phi) is 10.3. The Balaban J connectivity index is 2.12. The summed E-state index contributed by atoms with van der Waals surface area (Å²) in [5.74, 6) is -0.381. The van der Waals surface area contributed by atoms with Gasteiger partial charge in [-0.2, -0.15) is 0 Å². The monoisotopic (exact) mass is 497 g/mol. The molecule has 0 unspecified atom stereocenters. The maximum Gasteiger partial charge on any atom is 0.408 e. The summed E-state index contributed by atoms with van der Waals surface area (Å²) in [7, 11) is 0. The maximum atomic E-state index is 13.2. The van der Waals surface area contributed by atoms with Gasteiger partial charge in [0.1, 0.15) is 17.2 Å². The quantitative estimate of drug-likeness (QED) is 0.477. The van der Waals surface area contributed by atoms with Crippen LogP contribution in [0, 0.1) is 0 Å². The molecule has 0 aliphatic rings. The van der Waals surface area contributed by atoms with Crippen LogP contribution >= 0.6 is 0 Å². The SMILES string of the molecule is CC(C)(C)OC(=O)N[C@H](CNC(=O)[C@H](Cc1ccccc1)NC(=O)OC(C)(C)C)Cc1ccccc1.